The molecule has 4 N–H and O–H groups in total. The Labute approximate surface area is 260 Å². The zero-order valence-electron chi connectivity index (χ0n) is 25.2. The maximum absolute atomic E-state index is 13.7. The summed E-state index contributed by atoms with van der Waals surface area (Å²) in [5.74, 6) is -2.60. The lowest BCUT2D eigenvalue weighted by Gasteiger charge is -2.29. The highest BCUT2D eigenvalue weighted by atomic mass is 32.2. The van der Waals surface area contributed by atoms with Gasteiger partial charge in [0.05, 0.1) is 54.1 Å². The highest BCUT2D eigenvalue weighted by Crippen LogP contribution is 2.59. The van der Waals surface area contributed by atoms with E-state index in [4.69, 9.17) is 14.2 Å². The van der Waals surface area contributed by atoms with E-state index in [0.717, 1.165) is 0 Å². The standard InChI is InChI=1S/C33H28N2O9S/c1-10-7-12-17-20-18(28(38)26(12)34-3)14(37)8-15(42-4)19(20)24-22-21(17)23(16(10)11(2)36)30(43-5)29(39)25(22)27-32(31(24)44-6)45-9-13(35-27)33(40)41/h7-8,13,16,34,38-39H,9H2,1-6H3,(H,40,41). The van der Waals surface area contributed by atoms with Crippen molar-refractivity contribution in [3.05, 3.63) is 39.3 Å². The number of rotatable bonds is 6. The predicted octanol–water partition coefficient (Wildman–Crippen LogP) is 4.79. The van der Waals surface area contributed by atoms with E-state index < -0.39 is 23.7 Å². The number of methoxy groups -OCH3 is 3. The van der Waals surface area contributed by atoms with Crippen LogP contribution in [0.15, 0.2) is 21.5 Å². The van der Waals surface area contributed by atoms with Gasteiger partial charge in [0.2, 0.25) is 0 Å². The summed E-state index contributed by atoms with van der Waals surface area (Å²) >= 11 is 1.22. The number of carboxylic acid groups (broad SMARTS) is 1. The van der Waals surface area contributed by atoms with Crippen molar-refractivity contribution in [3.8, 4) is 23.0 Å². The summed E-state index contributed by atoms with van der Waals surface area (Å²) in [6.45, 7) is 3.23. The average Bonchev–Trinajstić information content (AvgIpc) is 3.14. The zero-order valence-corrected chi connectivity index (χ0v) is 26.0. The number of ketones is 2. The number of carbonyl (C=O) groups excluding carboxylic acids is 2. The van der Waals surface area contributed by atoms with Gasteiger partial charge in [0.1, 0.15) is 17.3 Å². The molecule has 1 aliphatic heterocycles. The quantitative estimate of drug-likeness (QED) is 0.132. The number of hydrogen-bond acceptors (Lipinski definition) is 11. The lowest BCUT2D eigenvalue weighted by Crippen LogP contribution is -2.29. The van der Waals surface area contributed by atoms with E-state index in [2.05, 4.69) is 10.3 Å². The molecule has 0 fully saturated rings. The Morgan fingerprint density at radius 3 is 2.24 bits per heavy atom. The van der Waals surface area contributed by atoms with Crippen molar-refractivity contribution in [1.29, 1.82) is 0 Å². The highest BCUT2D eigenvalue weighted by molar-refractivity contribution is 7.99. The number of Topliss-reactive ketones (excluding diaryl/α,β-unsaturated/α-hetero) is 1. The normalized spacial score (nSPS) is 18.3. The number of hydrogen-bond donors (Lipinski definition) is 4. The number of anilines is 1. The monoisotopic (exact) mass is 628 g/mol. The minimum absolute atomic E-state index is 0.0233. The lowest BCUT2D eigenvalue weighted by atomic mass is 9.78. The molecular formula is C33H28N2O9S. The fraction of sp³-hybridized carbons (Fsp3) is 0.273. The first kappa shape index (κ1) is 28.8. The van der Waals surface area contributed by atoms with Gasteiger partial charge in [-0.05, 0) is 19.2 Å². The van der Waals surface area contributed by atoms with E-state index in [1.54, 1.807) is 20.0 Å². The lowest BCUT2D eigenvalue weighted by molar-refractivity contribution is -0.138. The van der Waals surface area contributed by atoms with Crippen molar-refractivity contribution < 1.29 is 43.9 Å². The third-order valence-corrected chi connectivity index (χ3v) is 10.1. The second-order valence-corrected chi connectivity index (χ2v) is 12.2. The molecule has 12 heteroatoms. The van der Waals surface area contributed by atoms with E-state index in [-0.39, 0.29) is 56.5 Å². The number of phenols is 2. The molecule has 0 saturated heterocycles. The van der Waals surface area contributed by atoms with Gasteiger partial charge in [-0.25, -0.2) is 4.79 Å². The first-order valence-corrected chi connectivity index (χ1v) is 15.0. The van der Waals surface area contributed by atoms with Gasteiger partial charge in [0.25, 0.3) is 0 Å². The minimum Gasteiger partial charge on any atom is -0.505 e. The number of carbonyl (C=O) groups is 3. The van der Waals surface area contributed by atoms with Gasteiger partial charge in [-0.2, -0.15) is 0 Å². The van der Waals surface area contributed by atoms with Crippen LogP contribution in [0.2, 0.25) is 0 Å². The number of ether oxygens (including phenoxy) is 3. The molecule has 0 radical (unpaired) electrons. The molecule has 0 amide bonds. The largest absolute Gasteiger partial charge is 0.505 e. The van der Waals surface area contributed by atoms with Gasteiger partial charge < -0.3 is 34.8 Å². The van der Waals surface area contributed by atoms with Crippen LogP contribution in [0, 0.1) is 0 Å². The van der Waals surface area contributed by atoms with Crippen molar-refractivity contribution in [1.82, 2.24) is 0 Å². The summed E-state index contributed by atoms with van der Waals surface area (Å²) in [6.07, 6.45) is 3.10. The number of nitrogens with zero attached hydrogens (tertiary/aromatic N) is 1. The second-order valence-electron chi connectivity index (χ2n) is 11.2. The molecule has 0 saturated carbocycles. The zero-order chi connectivity index (χ0) is 32.2. The van der Waals surface area contributed by atoms with Crippen LogP contribution in [-0.4, -0.2) is 73.0 Å². The molecule has 3 aliphatic rings. The van der Waals surface area contributed by atoms with Crippen LogP contribution in [0.4, 0.5) is 5.69 Å². The topological polar surface area (TPSA) is 164 Å². The maximum Gasteiger partial charge on any atom is 0.329 e. The van der Waals surface area contributed by atoms with E-state index >= 15 is 0 Å². The third kappa shape index (κ3) is 3.48. The number of phenolic OH excluding ortho intramolecular Hbond substituents is 2. The number of carboxylic acids is 1. The van der Waals surface area contributed by atoms with Crippen molar-refractivity contribution in [2.24, 2.45) is 4.99 Å². The smallest absolute Gasteiger partial charge is 0.329 e. The molecule has 7 rings (SSSR count). The van der Waals surface area contributed by atoms with E-state index in [0.29, 0.717) is 59.8 Å². The Hall–Kier alpha value is -4.97. The fourth-order valence-electron chi connectivity index (χ4n) is 7.34. The van der Waals surface area contributed by atoms with Gasteiger partial charge >= 0.3 is 5.97 Å². The van der Waals surface area contributed by atoms with Gasteiger partial charge in [0, 0.05) is 57.1 Å². The molecule has 2 unspecified atom stereocenters. The summed E-state index contributed by atoms with van der Waals surface area (Å²) in [5.41, 5.74) is 2.27. The van der Waals surface area contributed by atoms with Crippen molar-refractivity contribution in [3.63, 3.8) is 0 Å². The van der Waals surface area contributed by atoms with Crippen molar-refractivity contribution in [2.45, 2.75) is 30.7 Å². The molecule has 0 spiro atoms. The van der Waals surface area contributed by atoms with Crippen LogP contribution in [0.25, 0.3) is 44.2 Å². The summed E-state index contributed by atoms with van der Waals surface area (Å²) in [5, 5.41) is 39.4. The summed E-state index contributed by atoms with van der Waals surface area (Å²) < 4.78 is 17.7. The van der Waals surface area contributed by atoms with Gasteiger partial charge in [-0.15, -0.1) is 11.8 Å². The Balaban J connectivity index is 1.97. The fourth-order valence-corrected chi connectivity index (χ4v) is 8.49. The van der Waals surface area contributed by atoms with Gasteiger partial charge in [-0.1, -0.05) is 11.6 Å². The number of aliphatic carboxylic acids is 1. The first-order valence-electron chi connectivity index (χ1n) is 14.1. The maximum atomic E-state index is 13.7. The summed E-state index contributed by atoms with van der Waals surface area (Å²) in [6, 6.07) is -1.10. The SMILES string of the molecule is CNc1c(O)c2c3c(c4c(OC)c5c(c6c(O)c(OC)c7c(c3c1C=C(C)C7C(C)=O)c46)=NC(C(=O)O)CS5)C(OC)=CC2=O. The third-order valence-electron chi connectivity index (χ3n) is 8.97. The molecule has 45 heavy (non-hydrogen) atoms. The Bertz CT molecular complexity index is 2230. The molecule has 2 atom stereocenters. The van der Waals surface area contributed by atoms with Crippen LogP contribution in [-0.2, 0) is 14.3 Å². The van der Waals surface area contributed by atoms with E-state index in [9.17, 15) is 29.7 Å². The Morgan fingerprint density at radius 1 is 0.933 bits per heavy atom. The number of fused-ring (bicyclic) bond motifs is 3. The van der Waals surface area contributed by atoms with Crippen LogP contribution >= 0.6 is 11.8 Å². The average molecular weight is 629 g/mol. The molecule has 4 aromatic rings. The summed E-state index contributed by atoms with van der Waals surface area (Å²) in [4.78, 5) is 44.5. The molecule has 2 aliphatic carbocycles. The number of benzene rings is 4. The number of nitrogens with one attached hydrogen (secondary N) is 1. The molecule has 0 aromatic heterocycles. The predicted molar refractivity (Wildman–Crippen MR) is 170 cm³/mol. The minimum atomic E-state index is -1.12. The van der Waals surface area contributed by atoms with Crippen molar-refractivity contribution in [2.75, 3.05) is 39.4 Å². The van der Waals surface area contributed by atoms with Crippen LogP contribution < -0.4 is 20.1 Å². The molecular weight excluding hydrogens is 600 g/mol. The number of allylic oxidation sites excluding steroid dienone is 2. The Morgan fingerprint density at radius 2 is 1.64 bits per heavy atom. The molecule has 11 nitrogen and oxygen atoms in total. The molecule has 1 heterocycles. The highest BCUT2D eigenvalue weighted by Gasteiger charge is 2.41. The number of aromatic hydroxyl groups is 2. The molecule has 0 bridgehead atoms. The van der Waals surface area contributed by atoms with E-state index in [1.807, 2.05) is 0 Å². The Kier molecular flexibility index (Phi) is 6.25. The molecule has 4 aromatic carbocycles. The van der Waals surface area contributed by atoms with Crippen molar-refractivity contribution >= 4 is 79.1 Å². The first-order chi connectivity index (χ1) is 21.5. The summed E-state index contributed by atoms with van der Waals surface area (Å²) in [7, 11) is 5.92. The van der Waals surface area contributed by atoms with Crippen LogP contribution in [0.3, 0.4) is 0 Å². The van der Waals surface area contributed by atoms with E-state index in [1.165, 1.54) is 46.1 Å². The van der Waals surface area contributed by atoms with Gasteiger partial charge in [-0.3, -0.25) is 14.6 Å². The molecule has 230 valence electrons. The van der Waals surface area contributed by atoms with Crippen LogP contribution in [0.1, 0.15) is 46.8 Å². The van der Waals surface area contributed by atoms with Crippen LogP contribution in [0.5, 0.6) is 23.0 Å². The second kappa shape index (κ2) is 9.77. The van der Waals surface area contributed by atoms with Gasteiger partial charge in [0.15, 0.2) is 29.1 Å². The number of thioether (sulfide) groups is 1.